The molecule has 0 N–H and O–H groups in total. The lowest BCUT2D eigenvalue weighted by molar-refractivity contribution is -0.107. The molecule has 0 atom stereocenters. The molecular weight excluding hydrogens is 184 g/mol. The summed E-state index contributed by atoms with van der Waals surface area (Å²) in [7, 11) is 0. The molecule has 0 aromatic heterocycles. The Morgan fingerprint density at radius 3 is 2.46 bits per heavy atom. The zero-order valence-electron chi connectivity index (χ0n) is 6.98. The molecule has 1 aromatic rings. The smallest absolute Gasteiger partial charge is 0.245 e. The van der Waals surface area contributed by atoms with Crippen LogP contribution in [0.1, 0.15) is 5.56 Å². The van der Waals surface area contributed by atoms with Crippen molar-refractivity contribution in [1.29, 1.82) is 0 Å². The molecular formula is C11H9ClO. The summed E-state index contributed by atoms with van der Waals surface area (Å²) in [4.78, 5) is 10.3. The first-order chi connectivity index (χ1) is 6.29. The fourth-order valence-corrected chi connectivity index (χ4v) is 0.935. The third-order valence-electron chi connectivity index (χ3n) is 1.43. The van der Waals surface area contributed by atoms with Crippen LogP contribution in [0.4, 0.5) is 0 Å². The Morgan fingerprint density at radius 2 is 1.85 bits per heavy atom. The van der Waals surface area contributed by atoms with Crippen molar-refractivity contribution in [3.8, 4) is 0 Å². The molecule has 66 valence electrons. The summed E-state index contributed by atoms with van der Waals surface area (Å²) < 4.78 is 0. The highest BCUT2D eigenvalue weighted by Gasteiger charge is 1.82. The van der Waals surface area contributed by atoms with Gasteiger partial charge in [-0.05, 0) is 23.2 Å². The molecule has 0 unspecified atom stereocenters. The minimum absolute atomic E-state index is 0.460. The largest absolute Gasteiger partial charge is 0.276 e. The van der Waals surface area contributed by atoms with E-state index in [9.17, 15) is 4.79 Å². The fourth-order valence-electron chi connectivity index (χ4n) is 0.862. The summed E-state index contributed by atoms with van der Waals surface area (Å²) in [6, 6.07) is 9.82. The van der Waals surface area contributed by atoms with Crippen LogP contribution in [0.15, 0.2) is 48.6 Å². The maximum Gasteiger partial charge on any atom is 0.245 e. The monoisotopic (exact) mass is 192 g/mol. The highest BCUT2D eigenvalue weighted by atomic mass is 35.5. The maximum atomic E-state index is 10.3. The normalized spacial score (nSPS) is 11.2. The van der Waals surface area contributed by atoms with E-state index in [4.69, 9.17) is 11.6 Å². The molecule has 13 heavy (non-hydrogen) atoms. The molecule has 2 heteroatoms. The lowest BCUT2D eigenvalue weighted by Crippen LogP contribution is -1.72. The topological polar surface area (TPSA) is 17.1 Å². The van der Waals surface area contributed by atoms with Gasteiger partial charge >= 0.3 is 0 Å². The Kier molecular flexibility index (Phi) is 4.00. The molecule has 0 radical (unpaired) electrons. The number of allylic oxidation sites excluding steroid dienone is 3. The molecule has 0 aliphatic rings. The first kappa shape index (κ1) is 9.75. The summed E-state index contributed by atoms with van der Waals surface area (Å²) >= 11 is 5.10. The van der Waals surface area contributed by atoms with Crippen molar-refractivity contribution in [1.82, 2.24) is 0 Å². The molecule has 0 fully saturated rings. The maximum absolute atomic E-state index is 10.3. The van der Waals surface area contributed by atoms with E-state index < -0.39 is 5.24 Å². The van der Waals surface area contributed by atoms with Gasteiger partial charge in [0.25, 0.3) is 0 Å². The van der Waals surface area contributed by atoms with Gasteiger partial charge in [0.1, 0.15) is 0 Å². The number of rotatable bonds is 3. The first-order valence-corrected chi connectivity index (χ1v) is 4.26. The third kappa shape index (κ3) is 4.28. The van der Waals surface area contributed by atoms with Crippen LogP contribution in [0.3, 0.4) is 0 Å². The molecule has 1 nitrogen and oxygen atoms in total. The second kappa shape index (κ2) is 5.33. The average molecular weight is 193 g/mol. The summed E-state index contributed by atoms with van der Waals surface area (Å²) in [5, 5.41) is -0.460. The van der Waals surface area contributed by atoms with Gasteiger partial charge in [0.05, 0.1) is 0 Å². The van der Waals surface area contributed by atoms with E-state index >= 15 is 0 Å². The Bertz CT molecular complexity index is 325. The van der Waals surface area contributed by atoms with E-state index in [-0.39, 0.29) is 0 Å². The number of hydrogen-bond donors (Lipinski definition) is 0. The van der Waals surface area contributed by atoms with Crippen LogP contribution in [-0.4, -0.2) is 5.24 Å². The zero-order chi connectivity index (χ0) is 9.52. The van der Waals surface area contributed by atoms with E-state index in [0.717, 1.165) is 5.56 Å². The molecule has 0 aliphatic heterocycles. The van der Waals surface area contributed by atoms with Crippen molar-refractivity contribution in [2.45, 2.75) is 0 Å². The quantitative estimate of drug-likeness (QED) is 0.409. The minimum Gasteiger partial charge on any atom is -0.276 e. The Morgan fingerprint density at radius 1 is 1.15 bits per heavy atom. The van der Waals surface area contributed by atoms with Crippen molar-refractivity contribution < 1.29 is 4.79 Å². The van der Waals surface area contributed by atoms with Gasteiger partial charge in [-0.1, -0.05) is 48.6 Å². The molecule has 1 rings (SSSR count). The van der Waals surface area contributed by atoms with Crippen molar-refractivity contribution >= 4 is 22.9 Å². The standard InChI is InChI=1S/C11H9ClO/c12-11(13)9-5-4-8-10-6-2-1-3-7-10/h1-9H/b8-4+,9-5?. The number of carbonyl (C=O) groups is 1. The lowest BCUT2D eigenvalue weighted by Gasteiger charge is -1.87. The Hall–Kier alpha value is -1.34. The van der Waals surface area contributed by atoms with Crippen molar-refractivity contribution in [3.63, 3.8) is 0 Å². The van der Waals surface area contributed by atoms with Gasteiger partial charge in [-0.15, -0.1) is 0 Å². The molecule has 1 aromatic carbocycles. The number of carbonyl (C=O) groups excluding carboxylic acids is 1. The van der Waals surface area contributed by atoms with E-state index in [1.165, 1.54) is 6.08 Å². The molecule has 0 amide bonds. The van der Waals surface area contributed by atoms with Crippen LogP contribution in [-0.2, 0) is 4.79 Å². The minimum atomic E-state index is -0.460. The van der Waals surface area contributed by atoms with E-state index in [1.807, 2.05) is 36.4 Å². The summed E-state index contributed by atoms with van der Waals surface area (Å²) in [5.41, 5.74) is 1.09. The number of hydrogen-bond acceptors (Lipinski definition) is 1. The van der Waals surface area contributed by atoms with Gasteiger partial charge in [-0.2, -0.15) is 0 Å². The molecule has 0 heterocycles. The Balaban J connectivity index is 2.55. The van der Waals surface area contributed by atoms with Crippen LogP contribution in [0.5, 0.6) is 0 Å². The molecule has 0 saturated carbocycles. The average Bonchev–Trinajstić information content (AvgIpc) is 2.14. The van der Waals surface area contributed by atoms with Crippen molar-refractivity contribution in [2.75, 3.05) is 0 Å². The highest BCUT2D eigenvalue weighted by molar-refractivity contribution is 6.66. The molecule has 0 bridgehead atoms. The van der Waals surface area contributed by atoms with Crippen molar-refractivity contribution in [3.05, 3.63) is 54.1 Å². The van der Waals surface area contributed by atoms with Crippen molar-refractivity contribution in [2.24, 2.45) is 0 Å². The molecule has 0 spiro atoms. The van der Waals surface area contributed by atoms with Crippen LogP contribution in [0, 0.1) is 0 Å². The first-order valence-electron chi connectivity index (χ1n) is 3.88. The van der Waals surface area contributed by atoms with E-state index in [1.54, 1.807) is 12.2 Å². The van der Waals surface area contributed by atoms with E-state index in [0.29, 0.717) is 0 Å². The fraction of sp³-hybridized carbons (Fsp3) is 0. The second-order valence-electron chi connectivity index (χ2n) is 2.43. The van der Waals surface area contributed by atoms with Crippen LogP contribution >= 0.6 is 11.6 Å². The Labute approximate surface area is 82.3 Å². The van der Waals surface area contributed by atoms with Gasteiger partial charge in [0.2, 0.25) is 5.24 Å². The summed E-state index contributed by atoms with van der Waals surface area (Å²) in [6.07, 6.45) is 6.59. The predicted molar refractivity (Wildman–Crippen MR) is 55.5 cm³/mol. The van der Waals surface area contributed by atoms with E-state index in [2.05, 4.69) is 0 Å². The summed E-state index contributed by atoms with van der Waals surface area (Å²) in [6.45, 7) is 0. The van der Waals surface area contributed by atoms with Gasteiger partial charge < -0.3 is 0 Å². The van der Waals surface area contributed by atoms with Gasteiger partial charge in [0.15, 0.2) is 0 Å². The van der Waals surface area contributed by atoms with Crippen LogP contribution in [0.25, 0.3) is 6.08 Å². The highest BCUT2D eigenvalue weighted by Crippen LogP contribution is 2.00. The van der Waals surface area contributed by atoms with Crippen LogP contribution in [0.2, 0.25) is 0 Å². The SMILES string of the molecule is O=C(Cl)C=C/C=C/c1ccccc1. The second-order valence-corrected chi connectivity index (χ2v) is 2.81. The van der Waals surface area contributed by atoms with Gasteiger partial charge in [-0.25, -0.2) is 0 Å². The lowest BCUT2D eigenvalue weighted by atomic mass is 10.2. The molecule has 0 aliphatic carbocycles. The predicted octanol–water partition coefficient (Wildman–Crippen LogP) is 3.02. The van der Waals surface area contributed by atoms with Gasteiger partial charge in [0, 0.05) is 0 Å². The van der Waals surface area contributed by atoms with Gasteiger partial charge in [-0.3, -0.25) is 4.79 Å². The summed E-state index contributed by atoms with van der Waals surface area (Å²) in [5.74, 6) is 0. The molecule has 0 saturated heterocycles. The van der Waals surface area contributed by atoms with Crippen LogP contribution < -0.4 is 0 Å². The zero-order valence-corrected chi connectivity index (χ0v) is 7.74. The number of benzene rings is 1. The third-order valence-corrected chi connectivity index (χ3v) is 1.55. The number of halogens is 1.